The Morgan fingerprint density at radius 1 is 1.38 bits per heavy atom. The molecule has 1 saturated heterocycles. The number of carboxylic acid groups (broad SMARTS) is 1. The molecule has 0 saturated carbocycles. The van der Waals surface area contributed by atoms with Gasteiger partial charge in [0.05, 0.1) is 0 Å². The first-order valence-corrected chi connectivity index (χ1v) is 7.96. The molecule has 2 rings (SSSR count). The largest absolute Gasteiger partial charge is 0.484 e. The van der Waals surface area contributed by atoms with Gasteiger partial charge in [0.25, 0.3) is 5.91 Å². The van der Waals surface area contributed by atoms with Gasteiger partial charge in [-0.15, -0.1) is 0 Å². The van der Waals surface area contributed by atoms with Crippen LogP contribution in [0.3, 0.4) is 0 Å². The van der Waals surface area contributed by atoms with Gasteiger partial charge in [-0.3, -0.25) is 14.4 Å². The molecular formula is C17H22N2O5. The molecule has 1 aliphatic rings. The quantitative estimate of drug-likeness (QED) is 0.779. The predicted octanol–water partition coefficient (Wildman–Crippen LogP) is 1.52. The highest BCUT2D eigenvalue weighted by Crippen LogP contribution is 2.25. The summed E-state index contributed by atoms with van der Waals surface area (Å²) in [5.41, 5.74) is 0.775. The Labute approximate surface area is 140 Å². The topological polar surface area (TPSA) is 87.2 Å². The maximum atomic E-state index is 12.0. The Kier molecular flexibility index (Phi) is 6.17. The summed E-state index contributed by atoms with van der Waals surface area (Å²) in [6.07, 6.45) is 1.85. The molecule has 0 aliphatic carbocycles. The number of ether oxygens (including phenoxy) is 1. The Morgan fingerprint density at radius 3 is 2.83 bits per heavy atom. The molecule has 1 aromatic rings. The summed E-state index contributed by atoms with van der Waals surface area (Å²) >= 11 is 0. The number of hydrogen-bond donors (Lipinski definition) is 1. The van der Waals surface area contributed by atoms with Gasteiger partial charge in [-0.05, 0) is 25.0 Å². The van der Waals surface area contributed by atoms with Gasteiger partial charge in [-0.2, -0.15) is 0 Å². The first-order chi connectivity index (χ1) is 11.5. The molecule has 0 radical (unpaired) electrons. The van der Waals surface area contributed by atoms with Crippen LogP contribution in [0.25, 0.3) is 0 Å². The van der Waals surface area contributed by atoms with Crippen molar-refractivity contribution >= 4 is 23.5 Å². The van der Waals surface area contributed by atoms with Crippen LogP contribution in [0.4, 0.5) is 5.69 Å². The van der Waals surface area contributed by atoms with Gasteiger partial charge >= 0.3 is 5.97 Å². The maximum Gasteiger partial charge on any atom is 0.303 e. The van der Waals surface area contributed by atoms with Crippen LogP contribution in [0.5, 0.6) is 5.75 Å². The van der Waals surface area contributed by atoms with E-state index in [4.69, 9.17) is 9.84 Å². The van der Waals surface area contributed by atoms with Gasteiger partial charge in [-0.25, -0.2) is 0 Å². The number of aliphatic carboxylic acids is 1. The third kappa shape index (κ3) is 4.97. The standard InChI is InChI=1S/C17H22N2O5/c1-18(9-4-8-17(22)23)16(21)12-24-14-6-2-5-13(11-14)19-10-3-7-15(19)20/h2,5-6,11H,3-4,7-10,12H2,1H3,(H,22,23). The van der Waals surface area contributed by atoms with E-state index in [9.17, 15) is 14.4 Å². The van der Waals surface area contributed by atoms with Gasteiger partial charge in [0.15, 0.2) is 6.61 Å². The van der Waals surface area contributed by atoms with E-state index in [0.29, 0.717) is 31.7 Å². The number of carbonyl (C=O) groups excluding carboxylic acids is 2. The van der Waals surface area contributed by atoms with E-state index < -0.39 is 5.97 Å². The first-order valence-electron chi connectivity index (χ1n) is 7.96. The fraction of sp³-hybridized carbons (Fsp3) is 0.471. The third-order valence-corrected chi connectivity index (χ3v) is 3.87. The highest BCUT2D eigenvalue weighted by Gasteiger charge is 2.22. The lowest BCUT2D eigenvalue weighted by molar-refractivity contribution is -0.138. The molecule has 1 heterocycles. The number of carboxylic acids is 1. The SMILES string of the molecule is CN(CCCC(=O)O)C(=O)COc1cccc(N2CCCC2=O)c1. The molecule has 0 spiro atoms. The zero-order chi connectivity index (χ0) is 17.5. The molecule has 1 fully saturated rings. The molecular weight excluding hydrogens is 312 g/mol. The zero-order valence-electron chi connectivity index (χ0n) is 13.7. The molecule has 7 nitrogen and oxygen atoms in total. The van der Waals surface area contributed by atoms with Gasteiger partial charge < -0.3 is 19.6 Å². The van der Waals surface area contributed by atoms with Crippen LogP contribution < -0.4 is 9.64 Å². The number of anilines is 1. The average Bonchev–Trinajstić information content (AvgIpc) is 2.98. The zero-order valence-corrected chi connectivity index (χ0v) is 13.7. The molecule has 1 aromatic carbocycles. The van der Waals surface area contributed by atoms with Crippen molar-refractivity contribution in [3.05, 3.63) is 24.3 Å². The van der Waals surface area contributed by atoms with Crippen molar-refractivity contribution in [1.82, 2.24) is 4.90 Å². The van der Waals surface area contributed by atoms with Crippen molar-refractivity contribution in [2.24, 2.45) is 0 Å². The van der Waals surface area contributed by atoms with Gasteiger partial charge in [0.2, 0.25) is 5.91 Å². The number of nitrogens with zero attached hydrogens (tertiary/aromatic N) is 2. The van der Waals surface area contributed by atoms with Gasteiger partial charge in [0, 0.05) is 44.7 Å². The van der Waals surface area contributed by atoms with E-state index in [1.807, 2.05) is 6.07 Å². The van der Waals surface area contributed by atoms with Crippen molar-refractivity contribution in [1.29, 1.82) is 0 Å². The molecule has 1 N–H and O–H groups in total. The van der Waals surface area contributed by atoms with E-state index in [0.717, 1.165) is 12.1 Å². The second-order valence-corrected chi connectivity index (χ2v) is 5.75. The number of carbonyl (C=O) groups is 3. The van der Waals surface area contributed by atoms with Crippen LogP contribution in [-0.4, -0.2) is 54.5 Å². The van der Waals surface area contributed by atoms with E-state index in [1.54, 1.807) is 30.1 Å². The predicted molar refractivity (Wildman–Crippen MR) is 88.0 cm³/mol. The second kappa shape index (κ2) is 8.33. The maximum absolute atomic E-state index is 12.0. The third-order valence-electron chi connectivity index (χ3n) is 3.87. The molecule has 1 aliphatic heterocycles. The van der Waals surface area contributed by atoms with E-state index in [-0.39, 0.29) is 24.8 Å². The minimum absolute atomic E-state index is 0.0321. The van der Waals surface area contributed by atoms with Crippen molar-refractivity contribution in [2.75, 3.05) is 31.6 Å². The molecule has 2 amide bonds. The summed E-state index contributed by atoms with van der Waals surface area (Å²) in [6.45, 7) is 0.950. The lowest BCUT2D eigenvalue weighted by atomic mass is 10.2. The minimum atomic E-state index is -0.875. The Morgan fingerprint density at radius 2 is 2.17 bits per heavy atom. The van der Waals surface area contributed by atoms with E-state index in [2.05, 4.69) is 0 Å². The minimum Gasteiger partial charge on any atom is -0.484 e. The Hall–Kier alpha value is -2.57. The van der Waals surface area contributed by atoms with Crippen molar-refractivity contribution in [3.8, 4) is 5.75 Å². The average molecular weight is 334 g/mol. The Balaban J connectivity index is 1.84. The molecule has 0 unspecified atom stereocenters. The van der Waals surface area contributed by atoms with E-state index in [1.165, 1.54) is 4.90 Å². The first kappa shape index (κ1) is 17.8. The van der Waals surface area contributed by atoms with Crippen molar-refractivity contribution < 1.29 is 24.2 Å². The summed E-state index contributed by atoms with van der Waals surface area (Å²) in [5, 5.41) is 8.60. The molecule has 7 heteroatoms. The monoisotopic (exact) mass is 334 g/mol. The highest BCUT2D eigenvalue weighted by molar-refractivity contribution is 5.95. The molecule has 130 valence electrons. The Bertz CT molecular complexity index is 617. The normalized spacial score (nSPS) is 13.9. The van der Waals surface area contributed by atoms with Gasteiger partial charge in [0.1, 0.15) is 5.75 Å². The van der Waals surface area contributed by atoms with Crippen LogP contribution in [0.15, 0.2) is 24.3 Å². The van der Waals surface area contributed by atoms with Crippen LogP contribution in [0, 0.1) is 0 Å². The fourth-order valence-electron chi connectivity index (χ4n) is 2.51. The smallest absolute Gasteiger partial charge is 0.303 e. The molecule has 0 atom stereocenters. The number of rotatable bonds is 8. The van der Waals surface area contributed by atoms with Crippen LogP contribution in [0.2, 0.25) is 0 Å². The van der Waals surface area contributed by atoms with Crippen LogP contribution in [0.1, 0.15) is 25.7 Å². The lowest BCUT2D eigenvalue weighted by Crippen LogP contribution is -2.32. The molecule has 0 bridgehead atoms. The summed E-state index contributed by atoms with van der Waals surface area (Å²) in [5.74, 6) is -0.468. The van der Waals surface area contributed by atoms with Crippen LogP contribution in [-0.2, 0) is 14.4 Å². The van der Waals surface area contributed by atoms with E-state index >= 15 is 0 Å². The second-order valence-electron chi connectivity index (χ2n) is 5.75. The summed E-state index contributed by atoms with van der Waals surface area (Å²) < 4.78 is 5.51. The number of hydrogen-bond acceptors (Lipinski definition) is 4. The van der Waals surface area contributed by atoms with Crippen molar-refractivity contribution in [3.63, 3.8) is 0 Å². The molecule has 0 aromatic heterocycles. The lowest BCUT2D eigenvalue weighted by Gasteiger charge is -2.18. The van der Waals surface area contributed by atoms with Gasteiger partial charge in [-0.1, -0.05) is 6.07 Å². The van der Waals surface area contributed by atoms with Crippen molar-refractivity contribution in [2.45, 2.75) is 25.7 Å². The summed E-state index contributed by atoms with van der Waals surface area (Å²) in [4.78, 5) is 37.4. The summed E-state index contributed by atoms with van der Waals surface area (Å²) in [6, 6.07) is 7.12. The number of benzene rings is 1. The van der Waals surface area contributed by atoms with Crippen LogP contribution >= 0.6 is 0 Å². The highest BCUT2D eigenvalue weighted by atomic mass is 16.5. The fourth-order valence-corrected chi connectivity index (χ4v) is 2.51. The summed E-state index contributed by atoms with van der Waals surface area (Å²) in [7, 11) is 1.62. The number of amides is 2. The number of likely N-dealkylation sites (N-methyl/N-ethyl adjacent to an activating group) is 1. The molecule has 24 heavy (non-hydrogen) atoms.